The van der Waals surface area contributed by atoms with E-state index in [1.54, 1.807) is 0 Å². The Morgan fingerprint density at radius 2 is 1.88 bits per heavy atom. The van der Waals surface area contributed by atoms with Gasteiger partial charge in [0.1, 0.15) is 11.6 Å². The zero-order chi connectivity index (χ0) is 12.3. The maximum Gasteiger partial charge on any atom is 0.128 e. The Bertz CT molecular complexity index is 353. The van der Waals surface area contributed by atoms with Gasteiger partial charge in [0, 0.05) is 11.6 Å². The van der Waals surface area contributed by atoms with Crippen LogP contribution in [0.15, 0.2) is 18.2 Å². The van der Waals surface area contributed by atoms with Crippen LogP contribution in [0, 0.1) is 23.5 Å². The van der Waals surface area contributed by atoms with Crippen molar-refractivity contribution in [3.05, 3.63) is 35.4 Å². The molecule has 0 aromatic heterocycles. The zero-order valence-corrected chi connectivity index (χ0v) is 9.58. The first kappa shape index (κ1) is 13.1. The standard InChI is InChI=1S/C12H18F2N2/c1-7(2)10(6-15)12(16)9-5-8(13)3-4-11(9)14/h3-5,7,10,12H,6,15-16H2,1-2H3. The van der Waals surface area contributed by atoms with E-state index in [1.807, 2.05) is 13.8 Å². The van der Waals surface area contributed by atoms with Crippen LogP contribution < -0.4 is 11.5 Å². The first-order chi connectivity index (χ1) is 7.47. The molecular formula is C12H18F2N2. The third-order valence-corrected chi connectivity index (χ3v) is 2.91. The summed E-state index contributed by atoms with van der Waals surface area (Å²) in [6.45, 7) is 4.29. The van der Waals surface area contributed by atoms with Crippen LogP contribution in [-0.4, -0.2) is 6.54 Å². The van der Waals surface area contributed by atoms with Crippen LogP contribution >= 0.6 is 0 Å². The molecule has 2 atom stereocenters. The molecule has 0 fully saturated rings. The van der Waals surface area contributed by atoms with Crippen molar-refractivity contribution in [3.8, 4) is 0 Å². The molecule has 1 rings (SSSR count). The van der Waals surface area contributed by atoms with E-state index in [0.29, 0.717) is 6.54 Å². The van der Waals surface area contributed by atoms with Gasteiger partial charge in [-0.15, -0.1) is 0 Å². The fourth-order valence-corrected chi connectivity index (χ4v) is 1.83. The summed E-state index contributed by atoms with van der Waals surface area (Å²) in [5.41, 5.74) is 11.7. The summed E-state index contributed by atoms with van der Waals surface area (Å²) in [6.07, 6.45) is 0. The molecule has 90 valence electrons. The Labute approximate surface area is 94.6 Å². The van der Waals surface area contributed by atoms with Crippen LogP contribution in [0.2, 0.25) is 0 Å². The van der Waals surface area contributed by atoms with Gasteiger partial charge in [-0.3, -0.25) is 0 Å². The molecular weight excluding hydrogens is 210 g/mol. The van der Waals surface area contributed by atoms with Gasteiger partial charge in [0.15, 0.2) is 0 Å². The molecule has 0 bridgehead atoms. The molecule has 0 saturated heterocycles. The largest absolute Gasteiger partial charge is 0.330 e. The first-order valence-corrected chi connectivity index (χ1v) is 5.38. The highest BCUT2D eigenvalue weighted by molar-refractivity contribution is 5.22. The number of nitrogens with two attached hydrogens (primary N) is 2. The maximum atomic E-state index is 13.5. The Balaban J connectivity index is 3.02. The van der Waals surface area contributed by atoms with E-state index in [0.717, 1.165) is 18.2 Å². The minimum atomic E-state index is -0.569. The molecule has 0 aliphatic carbocycles. The molecule has 0 aliphatic heterocycles. The summed E-state index contributed by atoms with van der Waals surface area (Å²) in [5, 5.41) is 0. The summed E-state index contributed by atoms with van der Waals surface area (Å²) in [6, 6.07) is 2.75. The molecule has 2 unspecified atom stereocenters. The van der Waals surface area contributed by atoms with Crippen molar-refractivity contribution in [1.29, 1.82) is 0 Å². The molecule has 4 heteroatoms. The van der Waals surface area contributed by atoms with E-state index in [4.69, 9.17) is 11.5 Å². The number of benzene rings is 1. The summed E-state index contributed by atoms with van der Waals surface area (Å²) in [7, 11) is 0. The third kappa shape index (κ3) is 2.77. The van der Waals surface area contributed by atoms with Crippen molar-refractivity contribution in [2.45, 2.75) is 19.9 Å². The fraction of sp³-hybridized carbons (Fsp3) is 0.500. The lowest BCUT2D eigenvalue weighted by atomic mass is 9.85. The third-order valence-electron chi connectivity index (χ3n) is 2.91. The van der Waals surface area contributed by atoms with Crippen molar-refractivity contribution in [2.24, 2.45) is 23.3 Å². The van der Waals surface area contributed by atoms with Crippen molar-refractivity contribution in [1.82, 2.24) is 0 Å². The molecule has 0 heterocycles. The summed E-state index contributed by atoms with van der Waals surface area (Å²) in [5.74, 6) is -0.793. The normalized spacial score (nSPS) is 15.2. The van der Waals surface area contributed by atoms with Gasteiger partial charge in [-0.25, -0.2) is 8.78 Å². The molecule has 0 aliphatic rings. The van der Waals surface area contributed by atoms with Gasteiger partial charge in [0.2, 0.25) is 0 Å². The van der Waals surface area contributed by atoms with Crippen LogP contribution in [0.3, 0.4) is 0 Å². The van der Waals surface area contributed by atoms with Gasteiger partial charge in [0.05, 0.1) is 0 Å². The van der Waals surface area contributed by atoms with Crippen LogP contribution in [0.4, 0.5) is 8.78 Å². The summed E-state index contributed by atoms with van der Waals surface area (Å²) >= 11 is 0. The van der Waals surface area contributed by atoms with Crippen molar-refractivity contribution in [2.75, 3.05) is 6.54 Å². The fourth-order valence-electron chi connectivity index (χ4n) is 1.83. The Hall–Kier alpha value is -1.00. The van der Waals surface area contributed by atoms with Gasteiger partial charge < -0.3 is 11.5 Å². The average molecular weight is 228 g/mol. The molecule has 2 nitrogen and oxygen atoms in total. The maximum absolute atomic E-state index is 13.5. The average Bonchev–Trinajstić information content (AvgIpc) is 2.22. The number of hydrogen-bond donors (Lipinski definition) is 2. The van der Waals surface area contributed by atoms with Crippen LogP contribution in [0.5, 0.6) is 0 Å². The molecule has 0 amide bonds. The van der Waals surface area contributed by atoms with Crippen molar-refractivity contribution < 1.29 is 8.78 Å². The lowest BCUT2D eigenvalue weighted by Gasteiger charge is -2.26. The van der Waals surface area contributed by atoms with Gasteiger partial charge >= 0.3 is 0 Å². The highest BCUT2D eigenvalue weighted by Crippen LogP contribution is 2.27. The molecule has 0 radical (unpaired) electrons. The lowest BCUT2D eigenvalue weighted by molar-refractivity contribution is 0.324. The molecule has 16 heavy (non-hydrogen) atoms. The smallest absolute Gasteiger partial charge is 0.128 e. The molecule has 4 N–H and O–H groups in total. The second-order valence-electron chi connectivity index (χ2n) is 4.34. The van der Waals surface area contributed by atoms with Crippen LogP contribution in [0.1, 0.15) is 25.5 Å². The minimum Gasteiger partial charge on any atom is -0.330 e. The predicted octanol–water partition coefficient (Wildman–Crippen LogP) is 2.20. The highest BCUT2D eigenvalue weighted by atomic mass is 19.1. The van der Waals surface area contributed by atoms with Crippen molar-refractivity contribution in [3.63, 3.8) is 0 Å². The minimum absolute atomic E-state index is 0.0590. The quantitative estimate of drug-likeness (QED) is 0.830. The lowest BCUT2D eigenvalue weighted by Crippen LogP contribution is -2.32. The van der Waals surface area contributed by atoms with E-state index in [2.05, 4.69) is 0 Å². The van der Waals surface area contributed by atoms with Gasteiger partial charge in [-0.2, -0.15) is 0 Å². The summed E-state index contributed by atoms with van der Waals surface area (Å²) < 4.78 is 26.5. The SMILES string of the molecule is CC(C)C(CN)C(N)c1cc(F)ccc1F. The topological polar surface area (TPSA) is 52.0 Å². The predicted molar refractivity (Wildman–Crippen MR) is 60.7 cm³/mol. The Kier molecular flexibility index (Phi) is 4.38. The van der Waals surface area contributed by atoms with Crippen LogP contribution in [-0.2, 0) is 0 Å². The van der Waals surface area contributed by atoms with E-state index in [1.165, 1.54) is 0 Å². The van der Waals surface area contributed by atoms with Crippen LogP contribution in [0.25, 0.3) is 0 Å². The van der Waals surface area contributed by atoms with E-state index < -0.39 is 17.7 Å². The monoisotopic (exact) mass is 228 g/mol. The molecule has 0 spiro atoms. The van der Waals surface area contributed by atoms with Gasteiger partial charge in [-0.05, 0) is 36.6 Å². The zero-order valence-electron chi connectivity index (χ0n) is 9.58. The number of rotatable bonds is 4. The Morgan fingerprint density at radius 3 is 2.38 bits per heavy atom. The van der Waals surface area contributed by atoms with Gasteiger partial charge in [-0.1, -0.05) is 13.8 Å². The van der Waals surface area contributed by atoms with Gasteiger partial charge in [0.25, 0.3) is 0 Å². The van der Waals surface area contributed by atoms with Crippen molar-refractivity contribution >= 4 is 0 Å². The van der Waals surface area contributed by atoms with E-state index in [-0.39, 0.29) is 17.4 Å². The number of hydrogen-bond acceptors (Lipinski definition) is 2. The van der Waals surface area contributed by atoms with E-state index in [9.17, 15) is 8.78 Å². The number of halogens is 2. The van der Waals surface area contributed by atoms with E-state index >= 15 is 0 Å². The second kappa shape index (κ2) is 5.37. The second-order valence-corrected chi connectivity index (χ2v) is 4.34. The highest BCUT2D eigenvalue weighted by Gasteiger charge is 2.24. The molecule has 0 saturated carbocycles. The molecule has 1 aromatic carbocycles. The summed E-state index contributed by atoms with van der Waals surface area (Å²) in [4.78, 5) is 0. The Morgan fingerprint density at radius 1 is 1.25 bits per heavy atom. The first-order valence-electron chi connectivity index (χ1n) is 5.38. The molecule has 1 aromatic rings.